The van der Waals surface area contributed by atoms with Gasteiger partial charge in [0, 0.05) is 19.3 Å². The van der Waals surface area contributed by atoms with Crippen LogP contribution in [0.4, 0.5) is 0 Å². The van der Waals surface area contributed by atoms with Gasteiger partial charge >= 0.3 is 11.9 Å². The molecule has 2 atom stereocenters. The molecular formula is C19H31O6. The van der Waals surface area contributed by atoms with E-state index < -0.39 is 23.0 Å². The van der Waals surface area contributed by atoms with Gasteiger partial charge in [-0.2, -0.15) is 0 Å². The van der Waals surface area contributed by atoms with E-state index in [0.29, 0.717) is 12.8 Å². The molecule has 0 saturated heterocycles. The number of carbonyl (C=O) groups is 3. The average molecular weight is 355 g/mol. The molecule has 0 saturated carbocycles. The Hall–Kier alpha value is -1.72. The molecule has 1 radical (unpaired) electrons. The first-order valence-electron chi connectivity index (χ1n) is 9.06. The van der Waals surface area contributed by atoms with Crippen LogP contribution in [0.25, 0.3) is 0 Å². The van der Waals surface area contributed by atoms with Crippen molar-refractivity contribution < 1.29 is 28.7 Å². The molecule has 143 valence electrons. The summed E-state index contributed by atoms with van der Waals surface area (Å²) in [5, 5.41) is 0. The standard InChI is InChI=1S/C19H31O6/c1-6-10-15(21)19(9-4,25-17(23)11-7-2)18(5,14-20)12-13-24-16(22)8-3/h6-13H2,1-5H3. The van der Waals surface area contributed by atoms with E-state index in [-0.39, 0.29) is 44.5 Å². The van der Waals surface area contributed by atoms with E-state index in [9.17, 15) is 19.2 Å². The maximum Gasteiger partial charge on any atom is 0.306 e. The molecule has 0 N–H and O–H groups in total. The van der Waals surface area contributed by atoms with Crippen molar-refractivity contribution in [1.29, 1.82) is 0 Å². The van der Waals surface area contributed by atoms with E-state index in [1.165, 1.54) is 6.92 Å². The smallest absolute Gasteiger partial charge is 0.306 e. The molecule has 0 amide bonds. The summed E-state index contributed by atoms with van der Waals surface area (Å²) < 4.78 is 10.6. The largest absolute Gasteiger partial charge is 0.466 e. The highest BCUT2D eigenvalue weighted by Crippen LogP contribution is 2.41. The fourth-order valence-corrected chi connectivity index (χ4v) is 2.82. The highest BCUT2D eigenvalue weighted by atomic mass is 16.6. The monoisotopic (exact) mass is 355 g/mol. The van der Waals surface area contributed by atoms with Gasteiger partial charge in [0.2, 0.25) is 6.29 Å². The van der Waals surface area contributed by atoms with Crippen molar-refractivity contribution in [2.24, 2.45) is 5.41 Å². The van der Waals surface area contributed by atoms with Crippen LogP contribution in [0.2, 0.25) is 0 Å². The lowest BCUT2D eigenvalue weighted by molar-refractivity contribution is -0.180. The number of rotatable bonds is 13. The zero-order valence-electron chi connectivity index (χ0n) is 16.1. The maximum absolute atomic E-state index is 12.8. The summed E-state index contributed by atoms with van der Waals surface area (Å²) in [5.41, 5.74) is -2.97. The average Bonchev–Trinajstić information content (AvgIpc) is 2.59. The summed E-state index contributed by atoms with van der Waals surface area (Å²) in [6.07, 6.45) is 3.87. The van der Waals surface area contributed by atoms with Crippen molar-refractivity contribution in [3.05, 3.63) is 0 Å². The molecule has 0 rings (SSSR count). The second-order valence-electron chi connectivity index (χ2n) is 6.34. The fourth-order valence-electron chi connectivity index (χ4n) is 2.82. The Labute approximate surface area is 150 Å². The zero-order chi connectivity index (χ0) is 19.5. The highest BCUT2D eigenvalue weighted by molar-refractivity contribution is 5.94. The minimum Gasteiger partial charge on any atom is -0.466 e. The lowest BCUT2D eigenvalue weighted by Gasteiger charge is -2.42. The van der Waals surface area contributed by atoms with Crippen LogP contribution in [0.1, 0.15) is 79.6 Å². The van der Waals surface area contributed by atoms with Gasteiger partial charge in [0.15, 0.2) is 11.4 Å². The Morgan fingerprint density at radius 3 is 2.00 bits per heavy atom. The second kappa shape index (κ2) is 11.0. The van der Waals surface area contributed by atoms with Crippen molar-refractivity contribution in [3.8, 4) is 0 Å². The summed E-state index contributed by atoms with van der Waals surface area (Å²) >= 11 is 0. The van der Waals surface area contributed by atoms with Crippen LogP contribution in [0.15, 0.2) is 0 Å². The molecule has 0 fully saturated rings. The molecular weight excluding hydrogens is 324 g/mol. The molecule has 0 aliphatic heterocycles. The van der Waals surface area contributed by atoms with Crippen LogP contribution >= 0.6 is 0 Å². The number of esters is 2. The maximum atomic E-state index is 12.8. The highest BCUT2D eigenvalue weighted by Gasteiger charge is 2.55. The van der Waals surface area contributed by atoms with Crippen molar-refractivity contribution >= 4 is 24.0 Å². The van der Waals surface area contributed by atoms with E-state index in [0.717, 1.165) is 0 Å². The zero-order valence-corrected chi connectivity index (χ0v) is 16.1. The van der Waals surface area contributed by atoms with E-state index in [1.807, 2.05) is 20.1 Å². The van der Waals surface area contributed by atoms with Crippen LogP contribution in [0.5, 0.6) is 0 Å². The Kier molecular flexibility index (Phi) is 10.2. The fraction of sp³-hybridized carbons (Fsp3) is 0.789. The lowest BCUT2D eigenvalue weighted by atomic mass is 9.67. The van der Waals surface area contributed by atoms with Crippen molar-refractivity contribution in [2.75, 3.05) is 6.61 Å². The van der Waals surface area contributed by atoms with Crippen molar-refractivity contribution in [3.63, 3.8) is 0 Å². The van der Waals surface area contributed by atoms with Crippen molar-refractivity contribution in [1.82, 2.24) is 0 Å². The predicted molar refractivity (Wildman–Crippen MR) is 93.6 cm³/mol. The third kappa shape index (κ3) is 5.94. The Morgan fingerprint density at radius 1 is 0.960 bits per heavy atom. The molecule has 6 nitrogen and oxygen atoms in total. The molecule has 6 heteroatoms. The molecule has 0 bridgehead atoms. The van der Waals surface area contributed by atoms with Crippen molar-refractivity contribution in [2.45, 2.75) is 85.2 Å². The van der Waals surface area contributed by atoms with Gasteiger partial charge in [0.1, 0.15) is 0 Å². The van der Waals surface area contributed by atoms with E-state index in [4.69, 9.17) is 9.47 Å². The number of hydrogen-bond acceptors (Lipinski definition) is 6. The normalized spacial score (nSPS) is 15.6. The molecule has 0 spiro atoms. The van der Waals surface area contributed by atoms with Crippen LogP contribution < -0.4 is 0 Å². The first-order chi connectivity index (χ1) is 11.8. The molecule has 0 heterocycles. The number of Topliss-reactive ketones (excluding diaryl/α,β-unsaturated/α-hetero) is 1. The predicted octanol–water partition coefficient (Wildman–Crippen LogP) is 3.31. The first kappa shape index (κ1) is 23.3. The van der Waals surface area contributed by atoms with Gasteiger partial charge in [-0.05, 0) is 32.6 Å². The summed E-state index contributed by atoms with van der Waals surface area (Å²) in [6, 6.07) is 0. The molecule has 2 unspecified atom stereocenters. The topological polar surface area (TPSA) is 86.7 Å². The Bertz CT molecular complexity index is 473. The summed E-state index contributed by atoms with van der Waals surface area (Å²) in [6.45, 7) is 8.55. The second-order valence-corrected chi connectivity index (χ2v) is 6.34. The van der Waals surface area contributed by atoms with Gasteiger partial charge in [-0.1, -0.05) is 27.7 Å². The minimum atomic E-state index is -1.59. The molecule has 0 aromatic carbocycles. The summed E-state index contributed by atoms with van der Waals surface area (Å²) in [4.78, 5) is 48.1. The van der Waals surface area contributed by atoms with E-state index >= 15 is 0 Å². The summed E-state index contributed by atoms with van der Waals surface area (Å²) in [7, 11) is 0. The van der Waals surface area contributed by atoms with Gasteiger partial charge in [-0.25, -0.2) is 0 Å². The van der Waals surface area contributed by atoms with Gasteiger partial charge in [-0.15, -0.1) is 0 Å². The lowest BCUT2D eigenvalue weighted by Crippen LogP contribution is -2.56. The number of ketones is 1. The van der Waals surface area contributed by atoms with Crippen LogP contribution in [-0.4, -0.2) is 36.2 Å². The van der Waals surface area contributed by atoms with Crippen LogP contribution in [-0.2, 0) is 28.7 Å². The van der Waals surface area contributed by atoms with E-state index in [2.05, 4.69) is 0 Å². The minimum absolute atomic E-state index is 0.0368. The molecule has 25 heavy (non-hydrogen) atoms. The third-order valence-electron chi connectivity index (χ3n) is 4.44. The number of carbonyl (C=O) groups excluding carboxylic acids is 4. The summed E-state index contributed by atoms with van der Waals surface area (Å²) in [5.74, 6) is -1.20. The van der Waals surface area contributed by atoms with Gasteiger partial charge in [0.25, 0.3) is 0 Å². The molecule has 0 aliphatic rings. The number of ether oxygens (including phenoxy) is 2. The van der Waals surface area contributed by atoms with Gasteiger partial charge < -0.3 is 9.47 Å². The molecule has 0 aliphatic carbocycles. The van der Waals surface area contributed by atoms with Gasteiger partial charge in [0.05, 0.1) is 12.0 Å². The van der Waals surface area contributed by atoms with Crippen LogP contribution in [0, 0.1) is 5.41 Å². The van der Waals surface area contributed by atoms with Crippen LogP contribution in [0.3, 0.4) is 0 Å². The molecule has 0 aromatic rings. The first-order valence-corrected chi connectivity index (χ1v) is 9.06. The third-order valence-corrected chi connectivity index (χ3v) is 4.44. The van der Waals surface area contributed by atoms with E-state index in [1.54, 1.807) is 13.8 Å². The Balaban J connectivity index is 5.68. The number of hydrogen-bond donors (Lipinski definition) is 0. The SMILES string of the molecule is CCCC(=O)OC(CC)(C(=O)CCC)C(C)([C]=O)CCOC(=O)CC. The quantitative estimate of drug-likeness (QED) is 0.471. The molecule has 0 aromatic heterocycles. The van der Waals surface area contributed by atoms with Gasteiger partial charge in [-0.3, -0.25) is 19.2 Å². The Morgan fingerprint density at radius 2 is 1.56 bits per heavy atom.